The van der Waals surface area contributed by atoms with Crippen molar-refractivity contribution < 1.29 is 22.7 Å². The number of carbonyl (C=O) groups excluding carboxylic acids is 1. The third-order valence-electron chi connectivity index (χ3n) is 2.28. The first-order valence-electron chi connectivity index (χ1n) is 4.75. The van der Waals surface area contributed by atoms with Crippen molar-refractivity contribution in [3.8, 4) is 0 Å². The molecule has 92 valence electrons. The Morgan fingerprint density at radius 3 is 2.59 bits per heavy atom. The summed E-state index contributed by atoms with van der Waals surface area (Å²) in [6.07, 6.45) is -5.35. The van der Waals surface area contributed by atoms with Gasteiger partial charge in [0.2, 0.25) is 5.91 Å². The van der Waals surface area contributed by atoms with Crippen molar-refractivity contribution in [1.82, 2.24) is 5.32 Å². The summed E-state index contributed by atoms with van der Waals surface area (Å²) >= 11 is 0. The predicted octanol–water partition coefficient (Wildman–Crippen LogP) is 1.43. The topological polar surface area (TPSA) is 64.3 Å². The Balaban J connectivity index is 2.35. The van der Waals surface area contributed by atoms with Crippen LogP contribution in [0.1, 0.15) is 17.4 Å². The Labute approximate surface area is 94.5 Å². The van der Waals surface area contributed by atoms with Gasteiger partial charge in [0.1, 0.15) is 6.61 Å². The van der Waals surface area contributed by atoms with Gasteiger partial charge in [-0.05, 0) is 18.2 Å². The number of anilines is 1. The van der Waals surface area contributed by atoms with E-state index < -0.39 is 18.0 Å². The summed E-state index contributed by atoms with van der Waals surface area (Å²) in [7, 11) is 0. The Hall–Kier alpha value is -1.76. The highest BCUT2D eigenvalue weighted by atomic mass is 19.4. The fourth-order valence-electron chi connectivity index (χ4n) is 1.56. The molecule has 1 fully saturated rings. The van der Waals surface area contributed by atoms with Crippen LogP contribution in [0.15, 0.2) is 18.2 Å². The molecule has 1 saturated heterocycles. The van der Waals surface area contributed by atoms with Gasteiger partial charge in [-0.3, -0.25) is 4.79 Å². The standard InChI is InChI=1S/C10H9F3N2O2/c11-10(12,13)6-1-5(2-7(14)3-6)9-15-8(16)4-17-9/h1-3,9H,4,14H2,(H,15,16). The molecule has 17 heavy (non-hydrogen) atoms. The van der Waals surface area contributed by atoms with Crippen LogP contribution in [0.2, 0.25) is 0 Å². The lowest BCUT2D eigenvalue weighted by Crippen LogP contribution is -2.20. The maximum atomic E-state index is 12.5. The van der Waals surface area contributed by atoms with Crippen molar-refractivity contribution in [3.05, 3.63) is 29.3 Å². The lowest BCUT2D eigenvalue weighted by molar-refractivity contribution is -0.137. The maximum absolute atomic E-state index is 12.5. The highest BCUT2D eigenvalue weighted by Gasteiger charge is 2.32. The molecular weight excluding hydrogens is 237 g/mol. The summed E-state index contributed by atoms with van der Waals surface area (Å²) in [4.78, 5) is 10.9. The zero-order valence-electron chi connectivity index (χ0n) is 8.54. The molecule has 1 amide bonds. The van der Waals surface area contributed by atoms with E-state index in [9.17, 15) is 18.0 Å². The molecular formula is C10H9F3N2O2. The molecule has 0 aliphatic carbocycles. The summed E-state index contributed by atoms with van der Waals surface area (Å²) in [5.41, 5.74) is 4.68. The van der Waals surface area contributed by atoms with Gasteiger partial charge in [-0.1, -0.05) is 0 Å². The molecule has 1 aliphatic heterocycles. The first kappa shape index (κ1) is 11.7. The molecule has 1 aromatic rings. The number of alkyl halides is 3. The normalized spacial score (nSPS) is 20.4. The first-order valence-corrected chi connectivity index (χ1v) is 4.75. The molecule has 4 nitrogen and oxygen atoms in total. The van der Waals surface area contributed by atoms with Crippen molar-refractivity contribution in [2.45, 2.75) is 12.4 Å². The molecule has 0 radical (unpaired) electrons. The van der Waals surface area contributed by atoms with Crippen LogP contribution in [0, 0.1) is 0 Å². The van der Waals surface area contributed by atoms with E-state index in [1.54, 1.807) is 0 Å². The van der Waals surface area contributed by atoms with Gasteiger partial charge in [0, 0.05) is 11.3 Å². The number of benzene rings is 1. The average Bonchev–Trinajstić information content (AvgIpc) is 2.62. The van der Waals surface area contributed by atoms with Crippen molar-refractivity contribution in [3.63, 3.8) is 0 Å². The number of hydrogen-bond donors (Lipinski definition) is 2. The zero-order chi connectivity index (χ0) is 12.6. The van der Waals surface area contributed by atoms with Crippen LogP contribution in [0.3, 0.4) is 0 Å². The van der Waals surface area contributed by atoms with Gasteiger partial charge in [-0.15, -0.1) is 0 Å². The van der Waals surface area contributed by atoms with Crippen LogP contribution in [0.5, 0.6) is 0 Å². The molecule has 0 saturated carbocycles. The number of nitrogen functional groups attached to an aromatic ring is 1. The predicted molar refractivity (Wildman–Crippen MR) is 52.7 cm³/mol. The number of nitrogens with two attached hydrogens (primary N) is 1. The van der Waals surface area contributed by atoms with Crippen LogP contribution in [0.4, 0.5) is 18.9 Å². The van der Waals surface area contributed by atoms with Crippen LogP contribution >= 0.6 is 0 Å². The van der Waals surface area contributed by atoms with E-state index in [0.29, 0.717) is 0 Å². The fraction of sp³-hybridized carbons (Fsp3) is 0.300. The van der Waals surface area contributed by atoms with Gasteiger partial charge in [0.15, 0.2) is 6.23 Å². The average molecular weight is 246 g/mol. The summed E-state index contributed by atoms with van der Waals surface area (Å²) in [5, 5.41) is 2.39. The Bertz CT molecular complexity index is 459. The Kier molecular flexibility index (Phi) is 2.70. The molecule has 1 heterocycles. The van der Waals surface area contributed by atoms with Gasteiger partial charge >= 0.3 is 6.18 Å². The second kappa shape index (κ2) is 3.92. The molecule has 0 spiro atoms. The van der Waals surface area contributed by atoms with E-state index >= 15 is 0 Å². The quantitative estimate of drug-likeness (QED) is 0.737. The van der Waals surface area contributed by atoms with E-state index in [4.69, 9.17) is 10.5 Å². The molecule has 1 aliphatic rings. The minimum Gasteiger partial charge on any atom is -0.399 e. The Morgan fingerprint density at radius 1 is 1.35 bits per heavy atom. The van der Waals surface area contributed by atoms with Gasteiger partial charge < -0.3 is 15.8 Å². The first-order chi connectivity index (χ1) is 7.86. The van der Waals surface area contributed by atoms with Crippen molar-refractivity contribution >= 4 is 11.6 Å². The summed E-state index contributed by atoms with van der Waals surface area (Å²) < 4.78 is 42.6. The smallest absolute Gasteiger partial charge is 0.399 e. The van der Waals surface area contributed by atoms with Crippen LogP contribution in [-0.2, 0) is 15.7 Å². The molecule has 2 rings (SSSR count). The van der Waals surface area contributed by atoms with Gasteiger partial charge in [-0.25, -0.2) is 0 Å². The third kappa shape index (κ3) is 2.50. The number of nitrogens with one attached hydrogen (secondary N) is 1. The van der Waals surface area contributed by atoms with Gasteiger partial charge in [0.05, 0.1) is 5.56 Å². The zero-order valence-corrected chi connectivity index (χ0v) is 8.54. The molecule has 0 bridgehead atoms. The van der Waals surface area contributed by atoms with Crippen LogP contribution in [0.25, 0.3) is 0 Å². The summed E-state index contributed by atoms with van der Waals surface area (Å²) in [6, 6.07) is 3.08. The number of ether oxygens (including phenoxy) is 1. The van der Waals surface area contributed by atoms with Crippen LogP contribution < -0.4 is 11.1 Å². The van der Waals surface area contributed by atoms with Crippen molar-refractivity contribution in [2.24, 2.45) is 0 Å². The van der Waals surface area contributed by atoms with Gasteiger partial charge in [0.25, 0.3) is 0 Å². The Morgan fingerprint density at radius 2 is 2.06 bits per heavy atom. The number of hydrogen-bond acceptors (Lipinski definition) is 3. The molecule has 1 atom stereocenters. The minimum atomic E-state index is -4.48. The van der Waals surface area contributed by atoms with Gasteiger partial charge in [-0.2, -0.15) is 13.2 Å². The maximum Gasteiger partial charge on any atom is 0.416 e. The molecule has 7 heteroatoms. The largest absolute Gasteiger partial charge is 0.416 e. The minimum absolute atomic E-state index is 0.0282. The van der Waals surface area contributed by atoms with Crippen LogP contribution in [-0.4, -0.2) is 12.5 Å². The van der Waals surface area contributed by atoms with E-state index in [1.165, 1.54) is 6.07 Å². The molecule has 1 unspecified atom stereocenters. The lowest BCUT2D eigenvalue weighted by atomic mass is 10.1. The number of carbonyl (C=O) groups is 1. The molecule has 0 aromatic heterocycles. The van der Waals surface area contributed by atoms with E-state index in [1.807, 2.05) is 0 Å². The SMILES string of the molecule is Nc1cc(C2NC(=O)CO2)cc(C(F)(F)F)c1. The lowest BCUT2D eigenvalue weighted by Gasteiger charge is -2.14. The number of rotatable bonds is 1. The monoisotopic (exact) mass is 246 g/mol. The summed E-state index contributed by atoms with van der Waals surface area (Å²) in [5.74, 6) is -0.369. The fourth-order valence-corrected chi connectivity index (χ4v) is 1.56. The number of amides is 1. The van der Waals surface area contributed by atoms with Crippen molar-refractivity contribution in [1.29, 1.82) is 0 Å². The molecule has 3 N–H and O–H groups in total. The summed E-state index contributed by atoms with van der Waals surface area (Å²) in [6.45, 7) is -0.166. The van der Waals surface area contributed by atoms with E-state index in [2.05, 4.69) is 5.32 Å². The van der Waals surface area contributed by atoms with E-state index in [-0.39, 0.29) is 23.8 Å². The van der Waals surface area contributed by atoms with E-state index in [0.717, 1.165) is 12.1 Å². The second-order valence-corrected chi connectivity index (χ2v) is 3.64. The third-order valence-corrected chi connectivity index (χ3v) is 2.28. The number of halogens is 3. The van der Waals surface area contributed by atoms with Crippen molar-refractivity contribution in [2.75, 3.05) is 12.3 Å². The molecule has 1 aromatic carbocycles. The highest BCUT2D eigenvalue weighted by Crippen LogP contribution is 2.33. The highest BCUT2D eigenvalue weighted by molar-refractivity contribution is 5.79. The second-order valence-electron chi connectivity index (χ2n) is 3.64.